The number of hydrogen-bond acceptors (Lipinski definition) is 11. The van der Waals surface area contributed by atoms with Crippen LogP contribution >= 0.6 is 63.7 Å². The molecule has 0 amide bonds. The third-order valence-electron chi connectivity index (χ3n) is 19.6. The Morgan fingerprint density at radius 3 is 1.11 bits per heavy atom. The van der Waals surface area contributed by atoms with Crippen LogP contribution in [0.5, 0.6) is 0 Å². The average molecular weight is 1700 g/mol. The molecule has 9 heterocycles. The highest BCUT2D eigenvalue weighted by Crippen LogP contribution is 2.38. The summed E-state index contributed by atoms with van der Waals surface area (Å²) < 4.78 is 103. The van der Waals surface area contributed by atoms with E-state index in [0.717, 1.165) is 47.0 Å². The van der Waals surface area contributed by atoms with E-state index in [9.17, 15) is 26.3 Å². The van der Waals surface area contributed by atoms with Crippen molar-refractivity contribution in [1.82, 2.24) is 35.1 Å². The van der Waals surface area contributed by atoms with Gasteiger partial charge >= 0.3 is 14.2 Å². The van der Waals surface area contributed by atoms with Gasteiger partial charge in [0.1, 0.15) is 4.60 Å². The number of nitrogens with one attached hydrogen (secondary N) is 1. The van der Waals surface area contributed by atoms with Crippen molar-refractivity contribution < 1.29 is 45.0 Å². The van der Waals surface area contributed by atoms with Gasteiger partial charge in [-0.3, -0.25) is 24.8 Å². The smallest absolute Gasteiger partial charge is 0.400 e. The Bertz CT molecular complexity index is 3180. The molecule has 0 aliphatic carbocycles. The Hall–Kier alpha value is -0.427. The minimum Gasteiger partial charge on any atom is -0.400 e. The van der Waals surface area contributed by atoms with Crippen molar-refractivity contribution in [2.45, 2.75) is 143 Å². The lowest BCUT2D eigenvalue weighted by Crippen LogP contribution is -2.89. The van der Waals surface area contributed by atoms with Crippen molar-refractivity contribution >= 4 is 324 Å². The molecule has 0 spiro atoms. The molecular weight excluding hydrogens is 1620 g/mol. The van der Waals surface area contributed by atoms with Gasteiger partial charge in [-0.1, -0.05) is 33.5 Å². The third-order valence-corrected chi connectivity index (χ3v) is 21.5. The zero-order valence-electron chi connectivity index (χ0n) is 63.0. The highest BCUT2D eigenvalue weighted by Gasteiger charge is 2.55. The van der Waals surface area contributed by atoms with Gasteiger partial charge in [0.2, 0.25) is 0 Å². The Kier molecular flexibility index (Phi) is 48.3. The lowest BCUT2D eigenvalue weighted by molar-refractivity contribution is 0.00578. The van der Waals surface area contributed by atoms with Crippen molar-refractivity contribution in [3.63, 3.8) is 0 Å². The van der Waals surface area contributed by atoms with Gasteiger partial charge in [-0.2, -0.15) is 0 Å². The van der Waals surface area contributed by atoms with Crippen LogP contribution in [0.1, 0.15) is 107 Å². The monoisotopic (exact) mass is 1700 g/mol. The predicted molar refractivity (Wildman–Crippen MR) is 505 cm³/mol. The SMILES string of the molecule is Brc1ccc(Br)nc1.C.C.C=CB1OC(C)(C)C(C)(C)O1.C=Cc1ccc(Br)cn1.CC1(C)OB(c2ccc(CCN3CCC(F)(F)C3)nc2)OC1(C)C.FC1(F)CCN(CCc2ccc(Br)cn2)C1.FC1(F)CCNC1.[B][B]B(B([B])[B])B(B([B])[B])B(B(B([B])[B])B([B])[B])B(B(B([B])[B])B([B])[B])B(B([B])[B])B([B])[B]. The fourth-order valence-corrected chi connectivity index (χ4v) is 13.3. The number of halogens is 10. The van der Waals surface area contributed by atoms with Crippen LogP contribution in [0.3, 0.4) is 0 Å². The molecule has 56 heteroatoms. The van der Waals surface area contributed by atoms with E-state index >= 15 is 0 Å². The molecule has 5 aliphatic heterocycles. The maximum absolute atomic E-state index is 13.2. The number of pyridine rings is 4. The lowest BCUT2D eigenvalue weighted by Gasteiger charge is -2.51. The lowest BCUT2D eigenvalue weighted by atomic mass is 8.30. The van der Waals surface area contributed by atoms with Crippen LogP contribution in [0.2, 0.25) is 0 Å². The summed E-state index contributed by atoms with van der Waals surface area (Å²) >= 11 is 13.1. The molecule has 0 saturated carbocycles. The third kappa shape index (κ3) is 35.9. The van der Waals surface area contributed by atoms with Gasteiger partial charge in [0, 0.05) is 354 Å². The summed E-state index contributed by atoms with van der Waals surface area (Å²) in [6, 6.07) is 15.3. The van der Waals surface area contributed by atoms with Crippen LogP contribution in [0, 0.1) is 0 Å². The van der Waals surface area contributed by atoms with Gasteiger partial charge < -0.3 is 23.9 Å². The molecule has 0 aromatic carbocycles. The second-order valence-electron chi connectivity index (χ2n) is 29.3. The van der Waals surface area contributed by atoms with E-state index in [1.165, 1.54) is 7.06 Å². The van der Waals surface area contributed by atoms with E-state index in [1.807, 2.05) is 104 Å². The van der Waals surface area contributed by atoms with Crippen LogP contribution in [0.4, 0.5) is 26.3 Å². The molecule has 11 nitrogen and oxygen atoms in total. The van der Waals surface area contributed by atoms with Crippen molar-refractivity contribution in [3.05, 3.63) is 128 Å². The molecule has 9 rings (SSSR count). The molecular formula is C54H77B35Br4F6N7O4. The van der Waals surface area contributed by atoms with Crippen LogP contribution in [0.15, 0.2) is 110 Å². The quantitative estimate of drug-likeness (QED) is 0.0623. The Morgan fingerprint density at radius 1 is 0.482 bits per heavy atom. The normalized spacial score (nSPS) is 17.2. The fraction of sp³-hybridized carbons (Fsp3) is 0.556. The van der Waals surface area contributed by atoms with Crippen LogP contribution in [-0.2, 0) is 31.5 Å². The molecule has 0 bridgehead atoms. The van der Waals surface area contributed by atoms with Gasteiger partial charge in [0.25, 0.3) is 17.8 Å². The van der Waals surface area contributed by atoms with Crippen LogP contribution in [0.25, 0.3) is 6.08 Å². The summed E-state index contributed by atoms with van der Waals surface area (Å²) in [6.45, 7) is 25.7. The number of likely N-dealkylation sites (tertiary alicyclic amines) is 2. The number of aromatic nitrogens is 4. The zero-order chi connectivity index (χ0) is 82.3. The first-order valence-electron chi connectivity index (χ1n) is 35.2. The fourth-order valence-electron chi connectivity index (χ4n) is 12.4. The number of rotatable bonds is 24. The molecule has 4 aromatic heterocycles. The largest absolute Gasteiger partial charge is 0.496 e. The van der Waals surface area contributed by atoms with Crippen molar-refractivity contribution in [2.24, 2.45) is 0 Å². The molecule has 5 fully saturated rings. The van der Waals surface area contributed by atoms with Gasteiger partial charge in [0.15, 0.2) is 0 Å². The highest BCUT2D eigenvalue weighted by molar-refractivity contribution is 9.11. The minimum absolute atomic E-state index is 0. The predicted octanol–water partition coefficient (Wildman–Crippen LogP) is 1.21. The molecule has 0 atom stereocenters. The second-order valence-corrected chi connectivity index (χ2v) is 32.9. The molecule has 110 heavy (non-hydrogen) atoms. The summed E-state index contributed by atoms with van der Waals surface area (Å²) in [6.07, 6.45) is -4.76. The van der Waals surface area contributed by atoms with E-state index < -0.39 is 121 Å². The average Bonchev–Trinajstić information content (AvgIpc) is 1.43. The number of alkyl halides is 6. The number of nitrogens with zero attached hydrogens (tertiary/aromatic N) is 6. The van der Waals surface area contributed by atoms with Crippen molar-refractivity contribution in [3.8, 4) is 0 Å². The molecule has 5 aliphatic rings. The first kappa shape index (κ1) is 108. The summed E-state index contributed by atoms with van der Waals surface area (Å²) in [5, 5.41) is 2.56. The summed E-state index contributed by atoms with van der Waals surface area (Å²) in [7, 11) is 104. The molecule has 0 unspecified atom stereocenters. The highest BCUT2D eigenvalue weighted by atomic mass is 79.9. The van der Waals surface area contributed by atoms with E-state index in [4.69, 9.17) is 150 Å². The maximum atomic E-state index is 13.2. The Balaban J connectivity index is 0.000000685. The first-order chi connectivity index (χ1) is 49.9. The van der Waals surface area contributed by atoms with Crippen molar-refractivity contribution in [2.75, 3.05) is 52.4 Å². The summed E-state index contributed by atoms with van der Waals surface area (Å²) in [4.78, 5) is 20.2. The van der Waals surface area contributed by atoms with E-state index in [-0.39, 0.29) is 83.3 Å². The first-order valence-corrected chi connectivity index (χ1v) is 38.4. The molecule has 1 N–H and O–H groups in total. The standard InChI is InChI=1S/C17H25BF2N2O2.C11H13BrF2N2.C8H15BO2.C7H6BrN.C5H3Br2N.C4H7F2N.2CH4.B33/c1-15(2)16(3,4)24-18(23-15)13-5-6-14(21-11-13)7-9-22-10-8-17(19,20)12-22;12-9-1-2-10(15-7-9)3-5-16-6-4-11(13,14)8-16;1-6-9-10-7(2,3)8(4,5)11-9;1-2-7-4-3-6(8)5-9-7;6-4-1-2-5(7)8-3-4;5-4(6)1-2-7-3-4;;;1-18-27(19(2)3)31(26(16)17)33(30(24(12)13)25(14)15)32(28(20(4)5)21(6)7)29(22(8)9)23(10)11/h5-6,11H,7-10,12H2,1-4H3;1-2,7H,3-6,8H2;6H,1H2,2-5H3;2-5H,1H2;1-3H;7H,1-3H2;2*1H4;. The molecule has 527 valence electrons. The van der Waals surface area contributed by atoms with Crippen LogP contribution < -0.4 is 10.8 Å². The minimum atomic E-state index is -2.53. The van der Waals surface area contributed by atoms with Gasteiger partial charge in [-0.05, 0) is 168 Å². The second kappa shape index (κ2) is 49.3. The molecule has 35 radical (unpaired) electrons. The maximum Gasteiger partial charge on any atom is 0.496 e. The topological polar surface area (TPSA) is 107 Å². The number of hydrogen-bond donors (Lipinski definition) is 1. The van der Waals surface area contributed by atoms with Gasteiger partial charge in [-0.25, -0.2) is 31.3 Å². The Morgan fingerprint density at radius 2 is 0.855 bits per heavy atom. The summed E-state index contributed by atoms with van der Waals surface area (Å²) in [5.74, 6) is -5.77. The van der Waals surface area contributed by atoms with Crippen LogP contribution in [-0.4, -0.2) is 371 Å². The van der Waals surface area contributed by atoms with E-state index in [1.54, 1.807) is 46.6 Å². The van der Waals surface area contributed by atoms with Crippen molar-refractivity contribution in [1.29, 1.82) is 0 Å². The summed E-state index contributed by atoms with van der Waals surface area (Å²) in [5.41, 5.74) is 2.40. The Labute approximate surface area is 720 Å². The molecule has 5 saturated heterocycles. The van der Waals surface area contributed by atoms with Gasteiger partial charge in [-0.15, -0.1) is 6.58 Å². The van der Waals surface area contributed by atoms with Gasteiger partial charge in [0.05, 0.1) is 47.7 Å². The molecule has 4 aromatic rings. The van der Waals surface area contributed by atoms with E-state index in [0.29, 0.717) is 39.1 Å². The zero-order valence-corrected chi connectivity index (χ0v) is 69.3. The van der Waals surface area contributed by atoms with E-state index in [2.05, 4.69) is 102 Å².